The molecule has 30 heavy (non-hydrogen) atoms. The molecular weight excluding hydrogens is 372 g/mol. The lowest BCUT2D eigenvalue weighted by Gasteiger charge is -2.11. The number of nitrogen functional groups attached to an aromatic ring is 2. The summed E-state index contributed by atoms with van der Waals surface area (Å²) in [6, 6.07) is 28.6. The van der Waals surface area contributed by atoms with Crippen LogP contribution in [0.3, 0.4) is 0 Å². The van der Waals surface area contributed by atoms with E-state index in [9.17, 15) is 9.59 Å². The number of carbonyl (C=O) groups is 2. The number of anilines is 2. The van der Waals surface area contributed by atoms with Gasteiger partial charge in [-0.15, -0.1) is 0 Å². The molecule has 0 saturated heterocycles. The Hall–Kier alpha value is -4.18. The molecule has 0 aliphatic heterocycles. The largest absolute Gasteiger partial charge is 0.398 e. The Morgan fingerprint density at radius 1 is 0.500 bits per heavy atom. The van der Waals surface area contributed by atoms with Crippen molar-refractivity contribution in [2.24, 2.45) is 0 Å². The smallest absolute Gasteiger partial charge is 0.195 e. The van der Waals surface area contributed by atoms with Crippen LogP contribution in [0.4, 0.5) is 11.4 Å². The predicted octanol–water partition coefficient (Wildman–Crippen LogP) is 4.98. The van der Waals surface area contributed by atoms with Crippen molar-refractivity contribution in [1.82, 2.24) is 0 Å². The standard InChI is InChI=1S/C26H20N2O2/c27-23-13-11-19(15-21(23)25(29)17-7-3-1-4-8-17)20-12-14-24(28)22(16-20)26(30)18-9-5-2-6-10-18/h1-16H,27-28H2. The first-order valence-corrected chi connectivity index (χ1v) is 9.53. The summed E-state index contributed by atoms with van der Waals surface area (Å²) < 4.78 is 0. The topological polar surface area (TPSA) is 86.2 Å². The van der Waals surface area contributed by atoms with Crippen molar-refractivity contribution in [3.63, 3.8) is 0 Å². The summed E-state index contributed by atoms with van der Waals surface area (Å²) >= 11 is 0. The highest BCUT2D eigenvalue weighted by molar-refractivity contribution is 6.14. The van der Waals surface area contributed by atoms with E-state index in [2.05, 4.69) is 0 Å². The van der Waals surface area contributed by atoms with Gasteiger partial charge in [0, 0.05) is 33.6 Å². The minimum Gasteiger partial charge on any atom is -0.398 e. The van der Waals surface area contributed by atoms with Crippen LogP contribution in [-0.2, 0) is 0 Å². The molecule has 0 heterocycles. The van der Waals surface area contributed by atoms with Gasteiger partial charge in [-0.3, -0.25) is 9.59 Å². The molecule has 0 aromatic heterocycles. The van der Waals surface area contributed by atoms with Crippen LogP contribution in [0.1, 0.15) is 31.8 Å². The van der Waals surface area contributed by atoms with Crippen molar-refractivity contribution < 1.29 is 9.59 Å². The summed E-state index contributed by atoms with van der Waals surface area (Å²) in [5.74, 6) is -0.294. The number of nitrogens with two attached hydrogens (primary N) is 2. The third-order valence-corrected chi connectivity index (χ3v) is 5.00. The van der Waals surface area contributed by atoms with Crippen molar-refractivity contribution in [1.29, 1.82) is 0 Å². The molecule has 0 aliphatic carbocycles. The van der Waals surface area contributed by atoms with E-state index in [4.69, 9.17) is 11.5 Å². The maximum atomic E-state index is 12.9. The summed E-state index contributed by atoms with van der Waals surface area (Å²) in [6.45, 7) is 0. The molecule has 4 N–H and O–H groups in total. The van der Waals surface area contributed by atoms with Gasteiger partial charge < -0.3 is 11.5 Å². The molecule has 0 amide bonds. The van der Waals surface area contributed by atoms with E-state index >= 15 is 0 Å². The van der Waals surface area contributed by atoms with Gasteiger partial charge in [-0.05, 0) is 35.4 Å². The average Bonchev–Trinajstić information content (AvgIpc) is 2.80. The van der Waals surface area contributed by atoms with Gasteiger partial charge in [-0.25, -0.2) is 0 Å². The van der Waals surface area contributed by atoms with Crippen molar-refractivity contribution in [2.45, 2.75) is 0 Å². The maximum Gasteiger partial charge on any atom is 0.195 e. The SMILES string of the molecule is Nc1ccc(-c2ccc(N)c(C(=O)c3ccccc3)c2)cc1C(=O)c1ccccc1. The van der Waals surface area contributed by atoms with E-state index in [0.29, 0.717) is 33.6 Å². The van der Waals surface area contributed by atoms with Crippen LogP contribution in [0, 0.1) is 0 Å². The fourth-order valence-corrected chi connectivity index (χ4v) is 3.36. The Balaban J connectivity index is 1.75. The highest BCUT2D eigenvalue weighted by Gasteiger charge is 2.16. The van der Waals surface area contributed by atoms with Gasteiger partial charge in [0.1, 0.15) is 0 Å². The number of ketones is 2. The fourth-order valence-electron chi connectivity index (χ4n) is 3.36. The van der Waals surface area contributed by atoms with Gasteiger partial charge in [-0.2, -0.15) is 0 Å². The van der Waals surface area contributed by atoms with Crippen molar-refractivity contribution in [2.75, 3.05) is 11.5 Å². The summed E-state index contributed by atoms with van der Waals surface area (Å²) in [6.07, 6.45) is 0. The summed E-state index contributed by atoms with van der Waals surface area (Å²) in [5.41, 5.74) is 16.5. The molecule has 0 radical (unpaired) electrons. The quantitative estimate of drug-likeness (QED) is 0.370. The number of benzene rings is 4. The highest BCUT2D eigenvalue weighted by Crippen LogP contribution is 2.29. The Morgan fingerprint density at radius 2 is 0.867 bits per heavy atom. The van der Waals surface area contributed by atoms with E-state index in [1.54, 1.807) is 48.5 Å². The van der Waals surface area contributed by atoms with Crippen molar-refractivity contribution in [3.05, 3.63) is 119 Å². The van der Waals surface area contributed by atoms with Crippen LogP contribution in [0.2, 0.25) is 0 Å². The number of carbonyl (C=O) groups excluding carboxylic acids is 2. The first kappa shape index (κ1) is 19.2. The van der Waals surface area contributed by atoms with Gasteiger partial charge in [0.25, 0.3) is 0 Å². The van der Waals surface area contributed by atoms with Gasteiger partial charge in [-0.1, -0.05) is 72.8 Å². The average molecular weight is 392 g/mol. The molecule has 4 rings (SSSR count). The second kappa shape index (κ2) is 8.05. The zero-order chi connectivity index (χ0) is 21.1. The molecule has 0 unspecified atom stereocenters. The van der Waals surface area contributed by atoms with E-state index in [1.165, 1.54) is 0 Å². The van der Waals surface area contributed by atoms with Crippen LogP contribution in [0.15, 0.2) is 97.1 Å². The number of hydrogen-bond donors (Lipinski definition) is 2. The van der Waals surface area contributed by atoms with E-state index < -0.39 is 0 Å². The lowest BCUT2D eigenvalue weighted by molar-refractivity contribution is 0.103. The minimum atomic E-state index is -0.147. The molecule has 4 aromatic carbocycles. The maximum absolute atomic E-state index is 12.9. The molecule has 0 atom stereocenters. The molecule has 0 bridgehead atoms. The molecule has 0 saturated carbocycles. The molecule has 0 spiro atoms. The molecule has 0 aliphatic rings. The summed E-state index contributed by atoms with van der Waals surface area (Å²) in [4.78, 5) is 25.8. The third-order valence-electron chi connectivity index (χ3n) is 5.00. The first-order chi connectivity index (χ1) is 14.5. The molecule has 4 nitrogen and oxygen atoms in total. The number of rotatable bonds is 5. The van der Waals surface area contributed by atoms with Crippen molar-refractivity contribution >= 4 is 22.9 Å². The molecule has 4 aromatic rings. The molecule has 0 fully saturated rings. The van der Waals surface area contributed by atoms with Gasteiger partial charge in [0.05, 0.1) is 0 Å². The van der Waals surface area contributed by atoms with Crippen LogP contribution in [-0.4, -0.2) is 11.6 Å². The third kappa shape index (κ3) is 3.71. The van der Waals surface area contributed by atoms with Gasteiger partial charge in [0.15, 0.2) is 11.6 Å². The minimum absolute atomic E-state index is 0.147. The zero-order valence-electron chi connectivity index (χ0n) is 16.2. The lowest BCUT2D eigenvalue weighted by atomic mass is 9.94. The fraction of sp³-hybridized carbons (Fsp3) is 0. The zero-order valence-corrected chi connectivity index (χ0v) is 16.2. The highest BCUT2D eigenvalue weighted by atomic mass is 16.1. The molecule has 146 valence electrons. The van der Waals surface area contributed by atoms with E-state index in [1.807, 2.05) is 48.5 Å². The second-order valence-electron chi connectivity index (χ2n) is 6.99. The van der Waals surface area contributed by atoms with Crippen LogP contribution in [0.25, 0.3) is 11.1 Å². The molecule has 4 heteroatoms. The second-order valence-corrected chi connectivity index (χ2v) is 6.99. The first-order valence-electron chi connectivity index (χ1n) is 9.53. The van der Waals surface area contributed by atoms with E-state index in [-0.39, 0.29) is 11.6 Å². The summed E-state index contributed by atoms with van der Waals surface area (Å²) in [7, 11) is 0. The Bertz CT molecular complexity index is 1130. The van der Waals surface area contributed by atoms with Crippen molar-refractivity contribution in [3.8, 4) is 11.1 Å². The molecular formula is C26H20N2O2. The predicted molar refractivity (Wildman–Crippen MR) is 120 cm³/mol. The van der Waals surface area contributed by atoms with E-state index in [0.717, 1.165) is 11.1 Å². The van der Waals surface area contributed by atoms with Crippen LogP contribution >= 0.6 is 0 Å². The Labute approximate surface area is 174 Å². The van der Waals surface area contributed by atoms with Crippen LogP contribution in [0.5, 0.6) is 0 Å². The van der Waals surface area contributed by atoms with Gasteiger partial charge in [0.2, 0.25) is 0 Å². The Morgan fingerprint density at radius 3 is 1.23 bits per heavy atom. The van der Waals surface area contributed by atoms with Gasteiger partial charge >= 0.3 is 0 Å². The lowest BCUT2D eigenvalue weighted by Crippen LogP contribution is -2.07. The Kier molecular flexibility index (Phi) is 5.14. The summed E-state index contributed by atoms with van der Waals surface area (Å²) in [5, 5.41) is 0. The van der Waals surface area contributed by atoms with Crippen LogP contribution < -0.4 is 11.5 Å². The normalized spacial score (nSPS) is 10.5. The number of hydrogen-bond acceptors (Lipinski definition) is 4. The monoisotopic (exact) mass is 392 g/mol.